The van der Waals surface area contributed by atoms with Gasteiger partial charge in [0.1, 0.15) is 18.7 Å². The minimum Gasteiger partial charge on any atom is -0.497 e. The molecule has 1 aromatic rings. The maximum Gasteiger partial charge on any atom is 0.138 e. The molecule has 0 N–H and O–H groups in total. The summed E-state index contributed by atoms with van der Waals surface area (Å²) in [4.78, 5) is 10.2. The summed E-state index contributed by atoms with van der Waals surface area (Å²) in [6.07, 6.45) is -0.902. The number of carbonyl (C=O) groups is 1. The number of halogens is 1. The van der Waals surface area contributed by atoms with Gasteiger partial charge >= 0.3 is 0 Å². The highest BCUT2D eigenvalue weighted by Gasteiger charge is 2.26. The number of fused-ring (bicyclic) bond motifs is 1. The fraction of sp³-hybridized carbons (Fsp3) is 0.500. The van der Waals surface area contributed by atoms with Crippen LogP contribution in [0.5, 0.6) is 5.75 Å². The van der Waals surface area contributed by atoms with E-state index >= 15 is 0 Å². The number of carbonyl (C=O) groups excluding carboxylic acids is 1. The number of hydrogen-bond donors (Lipinski definition) is 0. The molecule has 0 saturated heterocycles. The van der Waals surface area contributed by atoms with E-state index in [1.807, 2.05) is 25.0 Å². The average Bonchev–Trinajstić information content (AvgIpc) is 2.40. The largest absolute Gasteiger partial charge is 0.497 e. The van der Waals surface area contributed by atoms with Crippen LogP contribution in [0.15, 0.2) is 18.2 Å². The van der Waals surface area contributed by atoms with Crippen molar-refractivity contribution < 1.29 is 13.9 Å². The molecule has 0 bridgehead atoms. The molecule has 1 aliphatic rings. The molecule has 0 radical (unpaired) electrons. The second-order valence-electron chi connectivity index (χ2n) is 4.56. The molecular formula is C14H20FNO2. The van der Waals surface area contributed by atoms with Crippen molar-refractivity contribution in [1.29, 1.82) is 0 Å². The van der Waals surface area contributed by atoms with E-state index in [9.17, 15) is 4.39 Å². The van der Waals surface area contributed by atoms with Crippen molar-refractivity contribution in [2.24, 2.45) is 0 Å². The van der Waals surface area contributed by atoms with E-state index in [1.165, 1.54) is 0 Å². The summed E-state index contributed by atoms with van der Waals surface area (Å²) < 4.78 is 19.1. The standard InChI is InChI=1S/C13H18FNO.CH2O/c1-9(2)15-7-10-4-5-11(16-3)6-12(10)13(14)8-15;1-2/h4-6,9,13H,7-8H2,1-3H3;1H2. The van der Waals surface area contributed by atoms with Gasteiger partial charge in [0.2, 0.25) is 0 Å². The Bertz CT molecular complexity index is 395. The zero-order valence-corrected chi connectivity index (χ0v) is 11.1. The Kier molecular flexibility index (Phi) is 5.28. The second kappa shape index (κ2) is 6.50. The van der Waals surface area contributed by atoms with E-state index in [0.717, 1.165) is 23.4 Å². The molecule has 0 aromatic heterocycles. The molecule has 0 aliphatic carbocycles. The van der Waals surface area contributed by atoms with E-state index in [-0.39, 0.29) is 0 Å². The van der Waals surface area contributed by atoms with E-state index in [4.69, 9.17) is 9.53 Å². The summed E-state index contributed by atoms with van der Waals surface area (Å²) >= 11 is 0. The molecule has 0 spiro atoms. The van der Waals surface area contributed by atoms with Gasteiger partial charge in [-0.1, -0.05) is 6.07 Å². The Morgan fingerprint density at radius 2 is 2.11 bits per heavy atom. The first-order chi connectivity index (χ1) is 8.61. The third-order valence-corrected chi connectivity index (χ3v) is 3.19. The van der Waals surface area contributed by atoms with E-state index < -0.39 is 6.17 Å². The van der Waals surface area contributed by atoms with Crippen LogP contribution in [0.4, 0.5) is 4.39 Å². The number of nitrogens with zero attached hydrogens (tertiary/aromatic N) is 1. The van der Waals surface area contributed by atoms with Crippen LogP contribution in [0.3, 0.4) is 0 Å². The van der Waals surface area contributed by atoms with Crippen LogP contribution in [-0.4, -0.2) is 31.4 Å². The summed E-state index contributed by atoms with van der Waals surface area (Å²) in [5, 5.41) is 0. The predicted molar refractivity (Wildman–Crippen MR) is 69.5 cm³/mol. The summed E-state index contributed by atoms with van der Waals surface area (Å²) in [7, 11) is 1.61. The molecule has 1 heterocycles. The minimum absolute atomic E-state index is 0.383. The molecule has 0 saturated carbocycles. The highest BCUT2D eigenvalue weighted by Crippen LogP contribution is 2.32. The molecule has 1 aliphatic heterocycles. The van der Waals surface area contributed by atoms with Crippen molar-refractivity contribution in [2.75, 3.05) is 13.7 Å². The smallest absolute Gasteiger partial charge is 0.138 e. The average molecular weight is 253 g/mol. The van der Waals surface area contributed by atoms with Crippen LogP contribution in [-0.2, 0) is 11.3 Å². The molecule has 1 unspecified atom stereocenters. The van der Waals surface area contributed by atoms with Gasteiger partial charge in [-0.3, -0.25) is 4.90 Å². The first kappa shape index (κ1) is 14.6. The van der Waals surface area contributed by atoms with Crippen LogP contribution in [0.2, 0.25) is 0 Å². The Morgan fingerprint density at radius 3 is 2.67 bits per heavy atom. The number of benzene rings is 1. The van der Waals surface area contributed by atoms with Crippen molar-refractivity contribution in [1.82, 2.24) is 4.90 Å². The third kappa shape index (κ3) is 3.07. The summed E-state index contributed by atoms with van der Waals surface area (Å²) in [5.41, 5.74) is 1.87. The predicted octanol–water partition coefficient (Wildman–Crippen LogP) is 2.74. The lowest BCUT2D eigenvalue weighted by Crippen LogP contribution is -2.37. The topological polar surface area (TPSA) is 29.5 Å². The Hall–Kier alpha value is -1.42. The number of methoxy groups -OCH3 is 1. The van der Waals surface area contributed by atoms with Crippen LogP contribution in [0.25, 0.3) is 0 Å². The van der Waals surface area contributed by atoms with Gasteiger partial charge in [0.05, 0.1) is 7.11 Å². The molecule has 0 fully saturated rings. The van der Waals surface area contributed by atoms with Gasteiger partial charge < -0.3 is 9.53 Å². The molecule has 2 rings (SSSR count). The zero-order valence-electron chi connectivity index (χ0n) is 11.1. The number of rotatable bonds is 2. The van der Waals surface area contributed by atoms with Crippen molar-refractivity contribution in [3.63, 3.8) is 0 Å². The van der Waals surface area contributed by atoms with Gasteiger partial charge in [-0.05, 0) is 37.1 Å². The maximum absolute atomic E-state index is 14.0. The van der Waals surface area contributed by atoms with Gasteiger partial charge in [-0.2, -0.15) is 0 Å². The van der Waals surface area contributed by atoms with Crippen LogP contribution < -0.4 is 4.74 Å². The van der Waals surface area contributed by atoms with Crippen LogP contribution in [0.1, 0.15) is 31.1 Å². The fourth-order valence-electron chi connectivity index (χ4n) is 2.12. The summed E-state index contributed by atoms with van der Waals surface area (Å²) in [6, 6.07) is 6.07. The first-order valence-electron chi connectivity index (χ1n) is 5.95. The normalized spacial score (nSPS) is 18.8. The van der Waals surface area contributed by atoms with Crippen LogP contribution >= 0.6 is 0 Å². The molecule has 0 amide bonds. The van der Waals surface area contributed by atoms with E-state index in [0.29, 0.717) is 12.6 Å². The highest BCUT2D eigenvalue weighted by molar-refractivity contribution is 5.38. The molecule has 1 aromatic carbocycles. The van der Waals surface area contributed by atoms with E-state index in [2.05, 4.69) is 18.7 Å². The zero-order chi connectivity index (χ0) is 13.7. The first-order valence-corrected chi connectivity index (χ1v) is 5.95. The lowest BCUT2D eigenvalue weighted by atomic mass is 9.97. The lowest BCUT2D eigenvalue weighted by Gasteiger charge is -2.34. The summed E-state index contributed by atoms with van der Waals surface area (Å²) in [5.74, 6) is 0.736. The number of alkyl halides is 1. The van der Waals surface area contributed by atoms with E-state index in [1.54, 1.807) is 7.11 Å². The molecule has 18 heavy (non-hydrogen) atoms. The Balaban J connectivity index is 0.000000771. The van der Waals surface area contributed by atoms with Crippen molar-refractivity contribution in [3.8, 4) is 5.75 Å². The lowest BCUT2D eigenvalue weighted by molar-refractivity contribution is -0.0979. The highest BCUT2D eigenvalue weighted by atomic mass is 19.1. The van der Waals surface area contributed by atoms with Gasteiger partial charge in [0, 0.05) is 19.1 Å². The van der Waals surface area contributed by atoms with Gasteiger partial charge in [0.25, 0.3) is 0 Å². The molecular weight excluding hydrogens is 233 g/mol. The number of hydrogen-bond acceptors (Lipinski definition) is 3. The van der Waals surface area contributed by atoms with Gasteiger partial charge in [-0.15, -0.1) is 0 Å². The third-order valence-electron chi connectivity index (χ3n) is 3.19. The molecule has 4 heteroatoms. The monoisotopic (exact) mass is 253 g/mol. The maximum atomic E-state index is 14.0. The quantitative estimate of drug-likeness (QED) is 0.811. The van der Waals surface area contributed by atoms with Crippen molar-refractivity contribution in [2.45, 2.75) is 32.6 Å². The molecule has 100 valence electrons. The van der Waals surface area contributed by atoms with Crippen molar-refractivity contribution >= 4 is 6.79 Å². The molecule has 1 atom stereocenters. The molecule has 3 nitrogen and oxygen atoms in total. The minimum atomic E-state index is -0.902. The van der Waals surface area contributed by atoms with Gasteiger partial charge in [-0.25, -0.2) is 4.39 Å². The van der Waals surface area contributed by atoms with Crippen molar-refractivity contribution in [3.05, 3.63) is 29.3 Å². The summed E-state index contributed by atoms with van der Waals surface area (Å²) in [6.45, 7) is 7.51. The second-order valence-corrected chi connectivity index (χ2v) is 4.56. The van der Waals surface area contributed by atoms with Crippen LogP contribution in [0, 0.1) is 0 Å². The number of ether oxygens (including phenoxy) is 1. The SMILES string of the molecule is C=O.COc1ccc2c(c1)C(F)CN(C(C)C)C2. The fourth-order valence-corrected chi connectivity index (χ4v) is 2.12. The Morgan fingerprint density at radius 1 is 1.44 bits per heavy atom. The van der Waals surface area contributed by atoms with Gasteiger partial charge in [0.15, 0.2) is 0 Å². The Labute approximate surface area is 108 Å².